The molecule has 0 radical (unpaired) electrons. The number of ether oxygens (including phenoxy) is 1. The van der Waals surface area contributed by atoms with Crippen molar-refractivity contribution in [2.45, 2.75) is 64.8 Å². The molecule has 0 saturated heterocycles. The molecule has 0 unspecified atom stereocenters. The third-order valence-electron chi connectivity index (χ3n) is 5.53. The SMILES string of the molecule is CCC=CCC=CCC=CCC=CCC=CCC=CCCC(=O)Nc1ncnc2c1ncn2CCOCP(=O)(O)O. The van der Waals surface area contributed by atoms with Crippen molar-refractivity contribution in [3.05, 3.63) is 85.6 Å². The monoisotopic (exact) mass is 583 g/mol. The highest BCUT2D eigenvalue weighted by Gasteiger charge is 2.14. The summed E-state index contributed by atoms with van der Waals surface area (Å²) in [4.78, 5) is 42.7. The molecular formula is C30H42N5O5P. The quantitative estimate of drug-likeness (QED) is 0.0925. The van der Waals surface area contributed by atoms with E-state index < -0.39 is 13.9 Å². The number of aromatic nitrogens is 4. The lowest BCUT2D eigenvalue weighted by Gasteiger charge is -2.07. The zero-order chi connectivity index (χ0) is 29.6. The third-order valence-corrected chi connectivity index (χ3v) is 6.05. The number of anilines is 1. The lowest BCUT2D eigenvalue weighted by atomic mass is 10.2. The summed E-state index contributed by atoms with van der Waals surface area (Å²) in [6, 6.07) is 0. The van der Waals surface area contributed by atoms with Crippen LogP contribution in [-0.2, 0) is 20.6 Å². The Kier molecular flexibility index (Phi) is 16.8. The van der Waals surface area contributed by atoms with Crippen LogP contribution in [0.15, 0.2) is 85.6 Å². The highest BCUT2D eigenvalue weighted by molar-refractivity contribution is 7.51. The fraction of sp³-hybridized carbons (Fsp3) is 0.400. The maximum absolute atomic E-state index is 12.4. The summed E-state index contributed by atoms with van der Waals surface area (Å²) in [6.07, 6.45) is 34.6. The van der Waals surface area contributed by atoms with E-state index in [2.05, 4.69) is 88.0 Å². The summed E-state index contributed by atoms with van der Waals surface area (Å²) in [5.74, 6) is 0.140. The van der Waals surface area contributed by atoms with Crippen LogP contribution in [0.25, 0.3) is 11.2 Å². The van der Waals surface area contributed by atoms with Crippen molar-refractivity contribution >= 4 is 30.5 Å². The van der Waals surface area contributed by atoms with Crippen LogP contribution in [0, 0.1) is 0 Å². The Hall–Kier alpha value is -3.43. The topological polar surface area (TPSA) is 139 Å². The van der Waals surface area contributed by atoms with Gasteiger partial charge in [-0.15, -0.1) is 0 Å². The number of rotatable bonds is 20. The zero-order valence-electron chi connectivity index (χ0n) is 23.7. The molecule has 0 aliphatic carbocycles. The fourth-order valence-corrected chi connectivity index (χ4v) is 3.90. The van der Waals surface area contributed by atoms with Crippen LogP contribution >= 0.6 is 7.60 Å². The van der Waals surface area contributed by atoms with Crippen molar-refractivity contribution in [2.24, 2.45) is 0 Å². The number of nitrogens with zero attached hydrogens (tertiary/aromatic N) is 4. The molecular weight excluding hydrogens is 541 g/mol. The molecule has 0 atom stereocenters. The summed E-state index contributed by atoms with van der Waals surface area (Å²) in [5, 5.41) is 2.78. The van der Waals surface area contributed by atoms with Gasteiger partial charge in [0.25, 0.3) is 0 Å². The van der Waals surface area contributed by atoms with Gasteiger partial charge in [0.15, 0.2) is 17.0 Å². The minimum absolute atomic E-state index is 0.0776. The van der Waals surface area contributed by atoms with Crippen molar-refractivity contribution < 1.29 is 23.9 Å². The highest BCUT2D eigenvalue weighted by Crippen LogP contribution is 2.33. The van der Waals surface area contributed by atoms with Gasteiger partial charge in [0, 0.05) is 13.0 Å². The zero-order valence-corrected chi connectivity index (χ0v) is 24.6. The number of imidazole rings is 1. The molecule has 222 valence electrons. The van der Waals surface area contributed by atoms with Gasteiger partial charge in [0.1, 0.15) is 12.7 Å². The van der Waals surface area contributed by atoms with E-state index >= 15 is 0 Å². The fourth-order valence-electron chi connectivity index (χ4n) is 3.53. The van der Waals surface area contributed by atoms with Crippen LogP contribution in [-0.4, -0.2) is 48.2 Å². The Morgan fingerprint density at radius 2 is 1.44 bits per heavy atom. The van der Waals surface area contributed by atoms with E-state index in [1.54, 1.807) is 4.57 Å². The van der Waals surface area contributed by atoms with Crippen molar-refractivity contribution in [3.8, 4) is 0 Å². The average molecular weight is 584 g/mol. The van der Waals surface area contributed by atoms with Gasteiger partial charge in [-0.2, -0.15) is 0 Å². The van der Waals surface area contributed by atoms with E-state index in [0.29, 0.717) is 36.4 Å². The molecule has 3 N–H and O–H groups in total. The molecule has 0 spiro atoms. The standard InChI is InChI=1S/C30H42N5O5P/c1-2-3-4-5-6-7-8-9-10-11-12-13-14-15-16-17-18-19-20-21-27(36)34-29-28-30(32-24-31-29)35(25-33-28)22-23-40-26-41(37,38)39/h3-4,6-7,9-10,12-13,15-16,18-19,24-25H,2,5,8,11,14,17,20-23,26H2,1H3,(H2,37,38,39)(H,31,32,34,36). The molecule has 2 rings (SSSR count). The van der Waals surface area contributed by atoms with Gasteiger partial charge in [-0.3, -0.25) is 9.36 Å². The van der Waals surface area contributed by atoms with Crippen LogP contribution in [0.3, 0.4) is 0 Å². The van der Waals surface area contributed by atoms with Crippen LogP contribution in [0.1, 0.15) is 58.3 Å². The Bertz CT molecular complexity index is 1270. The van der Waals surface area contributed by atoms with E-state index in [1.165, 1.54) is 12.7 Å². The number of carbonyl (C=O) groups is 1. The maximum Gasteiger partial charge on any atom is 0.350 e. The first kappa shape index (κ1) is 33.8. The second-order valence-electron chi connectivity index (χ2n) is 9.04. The lowest BCUT2D eigenvalue weighted by Crippen LogP contribution is -2.13. The van der Waals surface area contributed by atoms with Gasteiger partial charge in [0.05, 0.1) is 12.9 Å². The largest absolute Gasteiger partial charge is 0.367 e. The van der Waals surface area contributed by atoms with Crippen molar-refractivity contribution in [3.63, 3.8) is 0 Å². The molecule has 2 aromatic heterocycles. The Labute approximate surface area is 242 Å². The summed E-state index contributed by atoms with van der Waals surface area (Å²) in [7, 11) is -4.21. The smallest absolute Gasteiger partial charge is 0.350 e. The summed E-state index contributed by atoms with van der Waals surface area (Å²) < 4.78 is 17.5. The van der Waals surface area contributed by atoms with Gasteiger partial charge < -0.3 is 24.4 Å². The summed E-state index contributed by atoms with van der Waals surface area (Å²) >= 11 is 0. The van der Waals surface area contributed by atoms with E-state index in [0.717, 1.165) is 38.5 Å². The number of fused-ring (bicyclic) bond motifs is 1. The number of carbonyl (C=O) groups excluding carboxylic acids is 1. The third kappa shape index (κ3) is 15.8. The van der Waals surface area contributed by atoms with Crippen LogP contribution < -0.4 is 5.32 Å². The molecule has 0 saturated carbocycles. The first-order chi connectivity index (χ1) is 19.9. The first-order valence-corrected chi connectivity index (χ1v) is 15.7. The Morgan fingerprint density at radius 3 is 2.00 bits per heavy atom. The molecule has 11 heteroatoms. The van der Waals surface area contributed by atoms with Crippen molar-refractivity contribution in [1.29, 1.82) is 0 Å². The lowest BCUT2D eigenvalue weighted by molar-refractivity contribution is -0.116. The molecule has 41 heavy (non-hydrogen) atoms. The van der Waals surface area contributed by atoms with E-state index in [-0.39, 0.29) is 12.5 Å². The maximum atomic E-state index is 12.4. The molecule has 0 aromatic carbocycles. The second kappa shape index (κ2) is 20.4. The Morgan fingerprint density at radius 1 is 0.878 bits per heavy atom. The van der Waals surface area contributed by atoms with Gasteiger partial charge in [-0.25, -0.2) is 15.0 Å². The molecule has 0 fully saturated rings. The average Bonchev–Trinajstić information content (AvgIpc) is 3.36. The number of hydrogen-bond acceptors (Lipinski definition) is 6. The second-order valence-corrected chi connectivity index (χ2v) is 10.6. The minimum Gasteiger partial charge on any atom is -0.367 e. The van der Waals surface area contributed by atoms with Crippen molar-refractivity contribution in [2.75, 3.05) is 18.3 Å². The van der Waals surface area contributed by atoms with E-state index in [4.69, 9.17) is 14.5 Å². The summed E-state index contributed by atoms with van der Waals surface area (Å²) in [6.45, 7) is 2.51. The van der Waals surface area contributed by atoms with Gasteiger partial charge >= 0.3 is 7.60 Å². The van der Waals surface area contributed by atoms with E-state index in [1.807, 2.05) is 12.2 Å². The predicted molar refractivity (Wildman–Crippen MR) is 164 cm³/mol. The predicted octanol–water partition coefficient (Wildman–Crippen LogP) is 6.39. The van der Waals surface area contributed by atoms with Crippen LogP contribution in [0.2, 0.25) is 0 Å². The van der Waals surface area contributed by atoms with Crippen LogP contribution in [0.4, 0.5) is 5.82 Å². The Balaban J connectivity index is 1.60. The number of hydrogen-bond donors (Lipinski definition) is 3. The van der Waals surface area contributed by atoms with E-state index in [9.17, 15) is 9.36 Å². The minimum atomic E-state index is -4.21. The molecule has 0 aliphatic heterocycles. The molecule has 0 bridgehead atoms. The van der Waals surface area contributed by atoms with Crippen molar-refractivity contribution in [1.82, 2.24) is 19.5 Å². The van der Waals surface area contributed by atoms with Crippen LogP contribution in [0.5, 0.6) is 0 Å². The first-order valence-electron chi connectivity index (χ1n) is 13.9. The molecule has 2 heterocycles. The van der Waals surface area contributed by atoms with Gasteiger partial charge in [-0.1, -0.05) is 79.8 Å². The molecule has 1 amide bonds. The molecule has 10 nitrogen and oxygen atoms in total. The number of allylic oxidation sites excluding steroid dienone is 12. The number of nitrogens with one attached hydrogen (secondary N) is 1. The summed E-state index contributed by atoms with van der Waals surface area (Å²) in [5.41, 5.74) is 0.928. The highest BCUT2D eigenvalue weighted by atomic mass is 31.2. The normalized spacial score (nSPS) is 13.0. The number of amides is 1. The van der Waals surface area contributed by atoms with Gasteiger partial charge in [0.2, 0.25) is 5.91 Å². The molecule has 0 aliphatic rings. The molecule has 2 aromatic rings. The van der Waals surface area contributed by atoms with Gasteiger partial charge in [-0.05, 0) is 44.9 Å².